The highest BCUT2D eigenvalue weighted by Crippen LogP contribution is 2.33. The molecule has 3 aromatic heterocycles. The molecule has 1 amide bonds. The fourth-order valence-electron chi connectivity index (χ4n) is 4.16. The van der Waals surface area contributed by atoms with Crippen LogP contribution < -0.4 is 15.8 Å². The van der Waals surface area contributed by atoms with Gasteiger partial charge in [0.05, 0.1) is 28.6 Å². The maximum absolute atomic E-state index is 12.7. The molecule has 1 aliphatic carbocycles. The van der Waals surface area contributed by atoms with Crippen LogP contribution in [0.5, 0.6) is 5.75 Å². The van der Waals surface area contributed by atoms with Gasteiger partial charge in [-0.3, -0.25) is 4.79 Å². The number of methoxy groups -OCH3 is 1. The standard InChI is InChI=1S/C24H25N5O2S/c1-31-16-7-8-18-19(12-16)29-23(28-18)17-11-14(13-26-22(17)25)20-9-10-21(32-20)24(30)27-15-5-3-2-4-6-15/h7-13,15H,2-6H2,1H3,(H2,25,26)(H,27,30)(H,28,29). The second-order valence-corrected chi connectivity index (χ2v) is 9.18. The second-order valence-electron chi connectivity index (χ2n) is 8.10. The molecule has 4 aromatic rings. The van der Waals surface area contributed by atoms with Crippen molar-refractivity contribution in [3.63, 3.8) is 0 Å². The van der Waals surface area contributed by atoms with Crippen molar-refractivity contribution in [2.45, 2.75) is 38.1 Å². The summed E-state index contributed by atoms with van der Waals surface area (Å²) in [6.07, 6.45) is 7.52. The molecular weight excluding hydrogens is 422 g/mol. The van der Waals surface area contributed by atoms with Crippen molar-refractivity contribution in [2.24, 2.45) is 0 Å². The summed E-state index contributed by atoms with van der Waals surface area (Å²) >= 11 is 1.46. The summed E-state index contributed by atoms with van der Waals surface area (Å²) in [5.74, 6) is 1.80. The number of hydrogen-bond donors (Lipinski definition) is 3. The van der Waals surface area contributed by atoms with Crippen LogP contribution in [-0.2, 0) is 0 Å². The number of carbonyl (C=O) groups is 1. The Hall–Kier alpha value is -3.39. The van der Waals surface area contributed by atoms with Crippen molar-refractivity contribution in [3.8, 4) is 27.6 Å². The zero-order valence-corrected chi connectivity index (χ0v) is 18.7. The van der Waals surface area contributed by atoms with Crippen LogP contribution in [0.15, 0.2) is 42.6 Å². The Morgan fingerprint density at radius 1 is 1.19 bits per heavy atom. The lowest BCUT2D eigenvalue weighted by molar-refractivity contribution is 0.0932. The molecular formula is C24H25N5O2S. The largest absolute Gasteiger partial charge is 0.497 e. The number of thiophene rings is 1. The first-order valence-electron chi connectivity index (χ1n) is 10.8. The quantitative estimate of drug-likeness (QED) is 0.399. The molecule has 0 bridgehead atoms. The van der Waals surface area contributed by atoms with Crippen LogP contribution in [0, 0.1) is 0 Å². The Bertz CT molecular complexity index is 1270. The van der Waals surface area contributed by atoms with Crippen LogP contribution in [0.4, 0.5) is 5.82 Å². The van der Waals surface area contributed by atoms with E-state index in [0.29, 0.717) is 22.6 Å². The summed E-state index contributed by atoms with van der Waals surface area (Å²) in [5.41, 5.74) is 9.48. The number of pyridine rings is 1. The number of aromatic amines is 1. The number of benzene rings is 1. The predicted octanol–water partition coefficient (Wildman–Crippen LogP) is 5.01. The summed E-state index contributed by atoms with van der Waals surface area (Å²) in [6, 6.07) is 11.8. The Morgan fingerprint density at radius 2 is 2.03 bits per heavy atom. The highest BCUT2D eigenvalue weighted by molar-refractivity contribution is 7.17. The molecule has 0 saturated heterocycles. The number of nitrogens with one attached hydrogen (secondary N) is 2. The lowest BCUT2D eigenvalue weighted by Gasteiger charge is -2.22. The number of aromatic nitrogens is 3. The molecule has 8 heteroatoms. The Labute approximate surface area is 190 Å². The SMILES string of the molecule is COc1ccc2nc(-c3cc(-c4ccc(C(=O)NC5CCCCC5)s4)cnc3N)[nH]c2c1. The lowest BCUT2D eigenvalue weighted by atomic mass is 9.95. The van der Waals surface area contributed by atoms with E-state index in [-0.39, 0.29) is 5.91 Å². The number of nitrogen functional groups attached to an aromatic ring is 1. The van der Waals surface area contributed by atoms with Crippen LogP contribution in [0.1, 0.15) is 41.8 Å². The summed E-state index contributed by atoms with van der Waals surface area (Å²) in [5, 5.41) is 3.18. The fraction of sp³-hybridized carbons (Fsp3) is 0.292. The lowest BCUT2D eigenvalue weighted by Crippen LogP contribution is -2.35. The zero-order valence-electron chi connectivity index (χ0n) is 17.9. The third kappa shape index (κ3) is 4.05. The number of imidazole rings is 1. The van der Waals surface area contributed by atoms with E-state index >= 15 is 0 Å². The summed E-state index contributed by atoms with van der Waals surface area (Å²) in [7, 11) is 1.63. The van der Waals surface area contributed by atoms with E-state index in [9.17, 15) is 4.79 Å². The Kier molecular flexibility index (Phi) is 5.53. The summed E-state index contributed by atoms with van der Waals surface area (Å²) < 4.78 is 5.29. The topological polar surface area (TPSA) is 106 Å². The van der Waals surface area contributed by atoms with Crippen molar-refractivity contribution in [1.82, 2.24) is 20.3 Å². The molecule has 32 heavy (non-hydrogen) atoms. The molecule has 1 saturated carbocycles. The van der Waals surface area contributed by atoms with Crippen LogP contribution in [0.2, 0.25) is 0 Å². The second kappa shape index (κ2) is 8.63. The number of carbonyl (C=O) groups excluding carboxylic acids is 1. The molecule has 0 unspecified atom stereocenters. The van der Waals surface area contributed by atoms with Gasteiger partial charge in [-0.2, -0.15) is 0 Å². The molecule has 0 aliphatic heterocycles. The molecule has 1 aliphatic rings. The number of amides is 1. The van der Waals surface area contributed by atoms with Gasteiger partial charge in [-0.15, -0.1) is 11.3 Å². The minimum absolute atomic E-state index is 0.00279. The third-order valence-corrected chi connectivity index (χ3v) is 7.05. The van der Waals surface area contributed by atoms with Gasteiger partial charge in [0.15, 0.2) is 0 Å². The maximum atomic E-state index is 12.7. The van der Waals surface area contributed by atoms with E-state index in [1.165, 1.54) is 30.6 Å². The number of ether oxygens (including phenoxy) is 1. The van der Waals surface area contributed by atoms with E-state index in [2.05, 4.69) is 20.3 Å². The molecule has 7 nitrogen and oxygen atoms in total. The van der Waals surface area contributed by atoms with Crippen molar-refractivity contribution >= 4 is 34.1 Å². The smallest absolute Gasteiger partial charge is 0.261 e. The average Bonchev–Trinajstić information content (AvgIpc) is 3.47. The first kappa shape index (κ1) is 20.5. The molecule has 3 heterocycles. The minimum Gasteiger partial charge on any atom is -0.497 e. The molecule has 164 valence electrons. The van der Waals surface area contributed by atoms with E-state index in [4.69, 9.17) is 10.5 Å². The molecule has 5 rings (SSSR count). The number of H-pyrrole nitrogens is 1. The normalized spacial score (nSPS) is 14.5. The monoisotopic (exact) mass is 447 g/mol. The van der Waals surface area contributed by atoms with Gasteiger partial charge in [0.1, 0.15) is 17.4 Å². The molecule has 1 fully saturated rings. The van der Waals surface area contributed by atoms with Gasteiger partial charge in [-0.25, -0.2) is 9.97 Å². The van der Waals surface area contributed by atoms with E-state index in [1.54, 1.807) is 13.3 Å². The van der Waals surface area contributed by atoms with Crippen molar-refractivity contribution in [1.29, 1.82) is 0 Å². The van der Waals surface area contributed by atoms with Crippen LogP contribution in [0.3, 0.4) is 0 Å². The minimum atomic E-state index is 0.00279. The van der Waals surface area contributed by atoms with Gasteiger partial charge in [0.2, 0.25) is 0 Å². The van der Waals surface area contributed by atoms with Crippen molar-refractivity contribution in [2.75, 3.05) is 12.8 Å². The van der Waals surface area contributed by atoms with Gasteiger partial charge in [0.25, 0.3) is 5.91 Å². The zero-order chi connectivity index (χ0) is 22.1. The fourth-order valence-corrected chi connectivity index (χ4v) is 5.05. The first-order chi connectivity index (χ1) is 15.6. The maximum Gasteiger partial charge on any atom is 0.261 e. The van der Waals surface area contributed by atoms with E-state index < -0.39 is 0 Å². The predicted molar refractivity (Wildman–Crippen MR) is 128 cm³/mol. The van der Waals surface area contributed by atoms with Crippen molar-refractivity contribution < 1.29 is 9.53 Å². The van der Waals surface area contributed by atoms with Crippen LogP contribution >= 0.6 is 11.3 Å². The summed E-state index contributed by atoms with van der Waals surface area (Å²) in [6.45, 7) is 0. The first-order valence-corrected chi connectivity index (χ1v) is 11.6. The van der Waals surface area contributed by atoms with Gasteiger partial charge < -0.3 is 20.8 Å². The van der Waals surface area contributed by atoms with Gasteiger partial charge in [-0.1, -0.05) is 19.3 Å². The molecule has 0 radical (unpaired) electrons. The van der Waals surface area contributed by atoms with Gasteiger partial charge in [0, 0.05) is 28.7 Å². The molecule has 0 spiro atoms. The number of fused-ring (bicyclic) bond motifs is 1. The van der Waals surface area contributed by atoms with Crippen LogP contribution in [0.25, 0.3) is 32.9 Å². The Balaban J connectivity index is 1.41. The highest BCUT2D eigenvalue weighted by atomic mass is 32.1. The number of anilines is 1. The van der Waals surface area contributed by atoms with Gasteiger partial charge in [-0.05, 0) is 43.2 Å². The van der Waals surface area contributed by atoms with Crippen LogP contribution in [-0.4, -0.2) is 34.0 Å². The van der Waals surface area contributed by atoms with Crippen molar-refractivity contribution in [3.05, 3.63) is 47.5 Å². The van der Waals surface area contributed by atoms with E-state index in [1.807, 2.05) is 36.4 Å². The molecule has 1 aromatic carbocycles. The van der Waals surface area contributed by atoms with Gasteiger partial charge >= 0.3 is 0 Å². The number of nitrogens with zero attached hydrogens (tertiary/aromatic N) is 2. The number of nitrogens with two attached hydrogens (primary N) is 1. The average molecular weight is 448 g/mol. The highest BCUT2D eigenvalue weighted by Gasteiger charge is 2.19. The molecule has 0 atom stereocenters. The van der Waals surface area contributed by atoms with E-state index in [0.717, 1.165) is 45.6 Å². The molecule has 4 N–H and O–H groups in total. The number of hydrogen-bond acceptors (Lipinski definition) is 6. The third-order valence-electron chi connectivity index (χ3n) is 5.92. The summed E-state index contributed by atoms with van der Waals surface area (Å²) in [4.78, 5) is 26.7. The number of rotatable bonds is 5. The Morgan fingerprint density at radius 3 is 2.84 bits per heavy atom.